The zero-order valence-electron chi connectivity index (χ0n) is 23.2. The number of ether oxygens (including phenoxy) is 2. The molecule has 0 aromatic heterocycles. The second kappa shape index (κ2) is 13.8. The summed E-state index contributed by atoms with van der Waals surface area (Å²) in [7, 11) is 1.24. The molecule has 0 saturated heterocycles. The van der Waals surface area contributed by atoms with Crippen LogP contribution in [0.25, 0.3) is 0 Å². The van der Waals surface area contributed by atoms with E-state index in [1.54, 1.807) is 20.8 Å². The first-order valence-corrected chi connectivity index (χ1v) is 12.4. The van der Waals surface area contributed by atoms with E-state index >= 15 is 0 Å². The van der Waals surface area contributed by atoms with E-state index in [0.29, 0.717) is 17.9 Å². The van der Waals surface area contributed by atoms with Crippen molar-refractivity contribution in [3.05, 3.63) is 34.9 Å². The van der Waals surface area contributed by atoms with E-state index < -0.39 is 35.5 Å². The first-order valence-electron chi connectivity index (χ1n) is 12.4. The van der Waals surface area contributed by atoms with Crippen LogP contribution in [-0.4, -0.2) is 60.6 Å². The van der Waals surface area contributed by atoms with E-state index in [9.17, 15) is 19.2 Å². The highest BCUT2D eigenvalue weighted by Crippen LogP contribution is 2.29. The molecule has 0 fully saturated rings. The molecule has 9 heteroatoms. The van der Waals surface area contributed by atoms with Crippen LogP contribution >= 0.6 is 0 Å². The lowest BCUT2D eigenvalue weighted by Gasteiger charge is -2.37. The molecule has 1 aromatic carbocycles. The molecule has 0 aliphatic rings. The van der Waals surface area contributed by atoms with Crippen LogP contribution in [0.4, 0.5) is 4.79 Å². The summed E-state index contributed by atoms with van der Waals surface area (Å²) in [5, 5.41) is 5.12. The van der Waals surface area contributed by atoms with Crippen molar-refractivity contribution in [2.24, 2.45) is 5.92 Å². The molecule has 0 spiro atoms. The van der Waals surface area contributed by atoms with E-state index in [4.69, 9.17) is 4.74 Å². The van der Waals surface area contributed by atoms with E-state index in [2.05, 4.69) is 29.2 Å². The molecule has 2 atom stereocenters. The molecule has 1 aromatic rings. The standard InChI is InChI=1S/C27H43N3O6/c1-17(2)10-13-20(5)30(22(31)15-29-26(34)36-27(6,7)8)24(25(33)28-16-23(32)35-9)21-14-18(3)11-12-19(21)4/h11-12,14,17,20,24H,10,13,15-16H2,1-9H3,(H,28,33)(H,29,34). The third kappa shape index (κ3) is 10.3. The predicted molar refractivity (Wildman–Crippen MR) is 138 cm³/mol. The summed E-state index contributed by atoms with van der Waals surface area (Å²) in [6.07, 6.45) is 0.777. The summed E-state index contributed by atoms with van der Waals surface area (Å²) < 4.78 is 9.92. The van der Waals surface area contributed by atoms with Crippen LogP contribution in [0, 0.1) is 19.8 Å². The first kappa shape index (κ1) is 30.9. The van der Waals surface area contributed by atoms with Gasteiger partial charge in [-0.25, -0.2) is 4.79 Å². The highest BCUT2D eigenvalue weighted by molar-refractivity contribution is 5.92. The number of esters is 1. The van der Waals surface area contributed by atoms with Gasteiger partial charge in [0, 0.05) is 6.04 Å². The smallest absolute Gasteiger partial charge is 0.408 e. The van der Waals surface area contributed by atoms with Crippen molar-refractivity contribution < 1.29 is 28.7 Å². The van der Waals surface area contributed by atoms with Crippen molar-refractivity contribution in [2.45, 2.75) is 85.9 Å². The zero-order chi connectivity index (χ0) is 27.6. The molecule has 0 radical (unpaired) electrons. The fraction of sp³-hybridized carbons (Fsp3) is 0.630. The molecule has 0 saturated carbocycles. The van der Waals surface area contributed by atoms with Gasteiger partial charge in [0.1, 0.15) is 24.7 Å². The Kier molecular flexibility index (Phi) is 11.9. The summed E-state index contributed by atoms with van der Waals surface area (Å²) in [6.45, 7) is 14.4. The Labute approximate surface area is 215 Å². The Morgan fingerprint density at radius 1 is 0.972 bits per heavy atom. The van der Waals surface area contributed by atoms with Crippen LogP contribution in [-0.2, 0) is 23.9 Å². The van der Waals surface area contributed by atoms with Crippen LogP contribution in [0.2, 0.25) is 0 Å². The summed E-state index contributed by atoms with van der Waals surface area (Å²) in [5.74, 6) is -1.13. The molecule has 3 amide bonds. The molecular formula is C27H43N3O6. The topological polar surface area (TPSA) is 114 Å². The molecule has 0 heterocycles. The van der Waals surface area contributed by atoms with Crippen LogP contribution in [0.3, 0.4) is 0 Å². The molecule has 36 heavy (non-hydrogen) atoms. The summed E-state index contributed by atoms with van der Waals surface area (Å²) >= 11 is 0. The fourth-order valence-electron chi connectivity index (χ4n) is 3.71. The average molecular weight is 506 g/mol. The van der Waals surface area contributed by atoms with Gasteiger partial charge in [0.15, 0.2) is 0 Å². The number of nitrogens with one attached hydrogen (secondary N) is 2. The van der Waals surface area contributed by atoms with Crippen molar-refractivity contribution in [2.75, 3.05) is 20.2 Å². The molecule has 2 N–H and O–H groups in total. The Balaban J connectivity index is 3.42. The lowest BCUT2D eigenvalue weighted by molar-refractivity contribution is -0.145. The van der Waals surface area contributed by atoms with Gasteiger partial charge in [-0.15, -0.1) is 0 Å². The van der Waals surface area contributed by atoms with Crippen LogP contribution in [0.1, 0.15) is 77.1 Å². The lowest BCUT2D eigenvalue weighted by atomic mass is 9.94. The van der Waals surface area contributed by atoms with Crippen molar-refractivity contribution >= 4 is 23.9 Å². The van der Waals surface area contributed by atoms with Crippen molar-refractivity contribution in [3.63, 3.8) is 0 Å². The molecule has 0 bridgehead atoms. The number of hydrogen-bond donors (Lipinski definition) is 2. The Bertz CT molecular complexity index is 923. The van der Waals surface area contributed by atoms with Gasteiger partial charge < -0.3 is 25.0 Å². The minimum Gasteiger partial charge on any atom is -0.468 e. The molecule has 9 nitrogen and oxygen atoms in total. The zero-order valence-corrected chi connectivity index (χ0v) is 23.2. The number of alkyl carbamates (subject to hydrolysis) is 1. The van der Waals surface area contributed by atoms with E-state index in [1.807, 2.05) is 39.0 Å². The quantitative estimate of drug-likeness (QED) is 0.442. The SMILES string of the molecule is COC(=O)CNC(=O)C(c1cc(C)ccc1C)N(C(=O)CNC(=O)OC(C)(C)C)C(C)CCC(C)C. The minimum atomic E-state index is -1.01. The van der Waals surface area contributed by atoms with Gasteiger partial charge in [0.2, 0.25) is 11.8 Å². The number of amides is 3. The van der Waals surface area contributed by atoms with Crippen molar-refractivity contribution in [3.8, 4) is 0 Å². The Morgan fingerprint density at radius 3 is 2.17 bits per heavy atom. The molecular weight excluding hydrogens is 462 g/mol. The largest absolute Gasteiger partial charge is 0.468 e. The first-order chi connectivity index (χ1) is 16.7. The van der Waals surface area contributed by atoms with Crippen LogP contribution < -0.4 is 10.6 Å². The van der Waals surface area contributed by atoms with Crippen molar-refractivity contribution in [1.82, 2.24) is 15.5 Å². The second-order valence-electron chi connectivity index (χ2n) is 10.5. The summed E-state index contributed by atoms with van der Waals surface area (Å²) in [6, 6.07) is 4.36. The number of benzene rings is 1. The normalized spacial score (nSPS) is 12.9. The fourth-order valence-corrected chi connectivity index (χ4v) is 3.71. The van der Waals surface area contributed by atoms with Gasteiger partial charge in [-0.2, -0.15) is 0 Å². The van der Waals surface area contributed by atoms with E-state index in [1.165, 1.54) is 12.0 Å². The maximum Gasteiger partial charge on any atom is 0.408 e. The number of hydrogen-bond acceptors (Lipinski definition) is 6. The molecule has 0 aliphatic carbocycles. The van der Waals surface area contributed by atoms with Gasteiger partial charge in [0.25, 0.3) is 0 Å². The Hall–Kier alpha value is -3.10. The molecule has 0 aliphatic heterocycles. The number of aryl methyl sites for hydroxylation is 2. The second-order valence-corrected chi connectivity index (χ2v) is 10.5. The van der Waals surface area contributed by atoms with Gasteiger partial charge in [-0.1, -0.05) is 37.6 Å². The molecule has 202 valence electrons. The minimum absolute atomic E-state index is 0.324. The monoisotopic (exact) mass is 505 g/mol. The summed E-state index contributed by atoms with van der Waals surface area (Å²) in [5.41, 5.74) is 1.69. The number of carbonyl (C=O) groups is 4. The molecule has 1 rings (SSSR count). The van der Waals surface area contributed by atoms with Crippen LogP contribution in [0.5, 0.6) is 0 Å². The van der Waals surface area contributed by atoms with Crippen LogP contribution in [0.15, 0.2) is 18.2 Å². The maximum atomic E-state index is 13.6. The maximum absolute atomic E-state index is 13.6. The Morgan fingerprint density at radius 2 is 1.61 bits per heavy atom. The number of rotatable bonds is 11. The number of methoxy groups -OCH3 is 1. The van der Waals surface area contributed by atoms with Gasteiger partial charge in [-0.05, 0) is 71.4 Å². The van der Waals surface area contributed by atoms with Gasteiger partial charge >= 0.3 is 12.1 Å². The number of nitrogens with zero attached hydrogens (tertiary/aromatic N) is 1. The van der Waals surface area contributed by atoms with Crippen molar-refractivity contribution in [1.29, 1.82) is 0 Å². The predicted octanol–water partition coefficient (Wildman–Crippen LogP) is 3.81. The third-order valence-electron chi connectivity index (χ3n) is 5.60. The molecule has 2 unspecified atom stereocenters. The lowest BCUT2D eigenvalue weighted by Crippen LogP contribution is -2.52. The highest BCUT2D eigenvalue weighted by atomic mass is 16.6. The highest BCUT2D eigenvalue weighted by Gasteiger charge is 2.36. The average Bonchev–Trinajstić information content (AvgIpc) is 2.78. The summed E-state index contributed by atoms with van der Waals surface area (Å²) in [4.78, 5) is 52.6. The van der Waals surface area contributed by atoms with Gasteiger partial charge in [0.05, 0.1) is 7.11 Å². The number of carbonyl (C=O) groups excluding carboxylic acids is 4. The van der Waals surface area contributed by atoms with E-state index in [0.717, 1.165) is 17.5 Å². The third-order valence-corrected chi connectivity index (χ3v) is 5.60. The van der Waals surface area contributed by atoms with Gasteiger partial charge in [-0.3, -0.25) is 14.4 Å². The van der Waals surface area contributed by atoms with E-state index in [-0.39, 0.29) is 19.1 Å².